The van der Waals surface area contributed by atoms with E-state index in [1.165, 1.54) is 24.3 Å². The third-order valence-electron chi connectivity index (χ3n) is 1.33. The van der Waals surface area contributed by atoms with E-state index in [-0.39, 0.29) is 5.91 Å². The van der Waals surface area contributed by atoms with Crippen molar-refractivity contribution in [1.82, 2.24) is 5.32 Å². The molecule has 1 N–H and O–H groups in total. The molecular formula is C9H9NO2S. The monoisotopic (exact) mass is 195 g/mol. The first kappa shape index (κ1) is 9.67. The van der Waals surface area contributed by atoms with Crippen molar-refractivity contribution in [3.8, 4) is 0 Å². The van der Waals surface area contributed by atoms with Crippen LogP contribution in [-0.2, 0) is 9.59 Å². The lowest BCUT2D eigenvalue weighted by molar-refractivity contribution is -0.117. The van der Waals surface area contributed by atoms with Crippen LogP contribution in [0.4, 0.5) is 0 Å². The summed E-state index contributed by atoms with van der Waals surface area (Å²) in [6.45, 7) is 1.41. The molecule has 0 bridgehead atoms. The van der Waals surface area contributed by atoms with Gasteiger partial charge in [0.05, 0.1) is 10.6 Å². The van der Waals surface area contributed by atoms with E-state index < -0.39 is 0 Å². The molecule has 13 heavy (non-hydrogen) atoms. The molecule has 1 amide bonds. The fourth-order valence-corrected chi connectivity index (χ4v) is 1.58. The summed E-state index contributed by atoms with van der Waals surface area (Å²) >= 11 is 1.47. The summed E-state index contributed by atoms with van der Waals surface area (Å²) < 4.78 is 0. The van der Waals surface area contributed by atoms with Crippen LogP contribution in [-0.4, -0.2) is 12.2 Å². The average Bonchev–Trinajstić information content (AvgIpc) is 2.54. The van der Waals surface area contributed by atoms with Crippen LogP contribution in [0.1, 0.15) is 11.8 Å². The molecule has 0 saturated heterocycles. The summed E-state index contributed by atoms with van der Waals surface area (Å²) in [7, 11) is 0. The summed E-state index contributed by atoms with van der Waals surface area (Å²) in [6, 6.07) is 3.70. The number of hydrogen-bond donors (Lipinski definition) is 1. The van der Waals surface area contributed by atoms with Crippen LogP contribution in [0.3, 0.4) is 0 Å². The van der Waals surface area contributed by atoms with Gasteiger partial charge in [0, 0.05) is 13.0 Å². The zero-order chi connectivity index (χ0) is 9.68. The normalized spacial score (nSPS) is 11.0. The van der Waals surface area contributed by atoms with Crippen LogP contribution >= 0.6 is 11.3 Å². The number of carbonyl (C=O) groups excluding carboxylic acids is 2. The van der Waals surface area contributed by atoms with Gasteiger partial charge in [-0.2, -0.15) is 0 Å². The highest BCUT2D eigenvalue weighted by atomic mass is 32.1. The second kappa shape index (κ2) is 4.57. The van der Waals surface area contributed by atoms with E-state index in [1.807, 2.05) is 17.5 Å². The van der Waals surface area contributed by atoms with Gasteiger partial charge in [0.25, 0.3) is 0 Å². The molecule has 0 radical (unpaired) electrons. The Morgan fingerprint density at radius 3 is 2.85 bits per heavy atom. The Labute approximate surface area is 80.1 Å². The summed E-state index contributed by atoms with van der Waals surface area (Å²) in [5.74, 6) is -0.179. The van der Waals surface area contributed by atoms with Gasteiger partial charge in [0.1, 0.15) is 6.29 Å². The van der Waals surface area contributed by atoms with Gasteiger partial charge >= 0.3 is 0 Å². The van der Waals surface area contributed by atoms with E-state index >= 15 is 0 Å². The largest absolute Gasteiger partial charge is 0.325 e. The number of carbonyl (C=O) groups is 2. The van der Waals surface area contributed by atoms with E-state index in [0.717, 1.165) is 4.88 Å². The van der Waals surface area contributed by atoms with Crippen molar-refractivity contribution in [3.05, 3.63) is 28.5 Å². The van der Waals surface area contributed by atoms with Crippen molar-refractivity contribution in [2.45, 2.75) is 6.92 Å². The molecule has 0 unspecified atom stereocenters. The molecule has 0 aliphatic rings. The maximum absolute atomic E-state index is 10.8. The van der Waals surface area contributed by atoms with Crippen LogP contribution in [0, 0.1) is 0 Å². The Morgan fingerprint density at radius 1 is 1.62 bits per heavy atom. The Morgan fingerprint density at radius 2 is 2.38 bits per heavy atom. The summed E-state index contributed by atoms with van der Waals surface area (Å²) in [4.78, 5) is 21.9. The fraction of sp³-hybridized carbons (Fsp3) is 0.111. The molecular weight excluding hydrogens is 186 g/mol. The maximum atomic E-state index is 10.8. The lowest BCUT2D eigenvalue weighted by Gasteiger charge is -2.02. The molecule has 0 aliphatic carbocycles. The number of nitrogens with one attached hydrogen (secondary N) is 1. The van der Waals surface area contributed by atoms with Crippen molar-refractivity contribution in [1.29, 1.82) is 0 Å². The van der Waals surface area contributed by atoms with Crippen molar-refractivity contribution < 1.29 is 9.59 Å². The minimum absolute atomic E-state index is 0.179. The van der Waals surface area contributed by atoms with E-state index in [0.29, 0.717) is 12.0 Å². The first-order chi connectivity index (χ1) is 6.24. The van der Waals surface area contributed by atoms with Crippen molar-refractivity contribution in [2.75, 3.05) is 0 Å². The molecule has 1 aromatic heterocycles. The quantitative estimate of drug-likeness (QED) is 0.585. The topological polar surface area (TPSA) is 46.2 Å². The van der Waals surface area contributed by atoms with Gasteiger partial charge in [-0.05, 0) is 11.4 Å². The number of allylic oxidation sites excluding steroid dienone is 1. The molecule has 0 aliphatic heterocycles. The number of amides is 1. The third kappa shape index (κ3) is 2.83. The Hall–Kier alpha value is -1.42. The minimum atomic E-state index is -0.179. The molecule has 3 nitrogen and oxygen atoms in total. The molecule has 1 rings (SSSR count). The molecule has 1 heterocycles. The fourth-order valence-electron chi connectivity index (χ4n) is 0.875. The highest BCUT2D eigenvalue weighted by Gasteiger charge is 2.02. The summed E-state index contributed by atoms with van der Waals surface area (Å²) in [6.07, 6.45) is 2.00. The number of hydrogen-bond acceptors (Lipinski definition) is 3. The number of thiophene rings is 1. The van der Waals surface area contributed by atoms with E-state index in [9.17, 15) is 9.59 Å². The maximum Gasteiger partial charge on any atom is 0.221 e. The predicted molar refractivity (Wildman–Crippen MR) is 52.2 cm³/mol. The Bertz CT molecular complexity index is 327. The van der Waals surface area contributed by atoms with E-state index in [1.54, 1.807) is 0 Å². The van der Waals surface area contributed by atoms with Gasteiger partial charge in [-0.1, -0.05) is 6.07 Å². The molecule has 1 aromatic rings. The van der Waals surface area contributed by atoms with Gasteiger partial charge in [-0.15, -0.1) is 11.3 Å². The van der Waals surface area contributed by atoms with Gasteiger partial charge in [-0.3, -0.25) is 9.59 Å². The van der Waals surface area contributed by atoms with Crippen LogP contribution in [0.2, 0.25) is 0 Å². The molecule has 4 heteroatoms. The van der Waals surface area contributed by atoms with Crippen LogP contribution < -0.4 is 5.32 Å². The zero-order valence-corrected chi connectivity index (χ0v) is 7.93. The van der Waals surface area contributed by atoms with Crippen molar-refractivity contribution in [3.63, 3.8) is 0 Å². The number of aldehydes is 1. The minimum Gasteiger partial charge on any atom is -0.325 e. The summed E-state index contributed by atoms with van der Waals surface area (Å²) in [5.41, 5.74) is 0.553. The average molecular weight is 195 g/mol. The van der Waals surface area contributed by atoms with Gasteiger partial charge in [0.2, 0.25) is 5.91 Å². The Kier molecular flexibility index (Phi) is 3.40. The SMILES string of the molecule is CC(=O)NC(=CC=O)c1cccs1. The molecule has 0 spiro atoms. The Balaban J connectivity index is 2.87. The lowest BCUT2D eigenvalue weighted by atomic mass is 10.3. The molecule has 68 valence electrons. The van der Waals surface area contributed by atoms with E-state index in [2.05, 4.69) is 5.32 Å². The highest BCUT2D eigenvalue weighted by molar-refractivity contribution is 7.11. The van der Waals surface area contributed by atoms with Crippen molar-refractivity contribution >= 4 is 29.2 Å². The van der Waals surface area contributed by atoms with Crippen molar-refractivity contribution in [2.24, 2.45) is 0 Å². The molecule has 0 fully saturated rings. The first-order valence-corrected chi connectivity index (χ1v) is 4.59. The second-order valence-corrected chi connectivity index (χ2v) is 3.32. The second-order valence-electron chi connectivity index (χ2n) is 2.37. The first-order valence-electron chi connectivity index (χ1n) is 3.71. The van der Waals surface area contributed by atoms with E-state index in [4.69, 9.17) is 0 Å². The predicted octanol–water partition coefficient (Wildman–Crippen LogP) is 1.42. The smallest absolute Gasteiger partial charge is 0.221 e. The molecule has 0 aromatic carbocycles. The van der Waals surface area contributed by atoms with Crippen LogP contribution in [0.25, 0.3) is 5.70 Å². The molecule has 0 atom stereocenters. The molecule has 0 saturated carbocycles. The lowest BCUT2D eigenvalue weighted by Crippen LogP contribution is -2.17. The van der Waals surface area contributed by atoms with Gasteiger partial charge in [-0.25, -0.2) is 0 Å². The standard InChI is InChI=1S/C9H9NO2S/c1-7(12)10-8(4-5-11)9-3-2-6-13-9/h2-6H,1H3,(H,10,12). The van der Waals surface area contributed by atoms with Gasteiger partial charge in [0.15, 0.2) is 0 Å². The zero-order valence-electron chi connectivity index (χ0n) is 7.11. The summed E-state index contributed by atoms with van der Waals surface area (Å²) in [5, 5.41) is 4.47. The third-order valence-corrected chi connectivity index (χ3v) is 2.24. The highest BCUT2D eigenvalue weighted by Crippen LogP contribution is 2.16. The van der Waals surface area contributed by atoms with Gasteiger partial charge < -0.3 is 5.32 Å². The number of rotatable bonds is 3. The van der Waals surface area contributed by atoms with Crippen LogP contribution in [0.15, 0.2) is 23.6 Å². The van der Waals surface area contributed by atoms with Crippen LogP contribution in [0.5, 0.6) is 0 Å².